The quantitative estimate of drug-likeness (QED) is 0.362. The van der Waals surface area contributed by atoms with Gasteiger partial charge in [0.2, 0.25) is 0 Å². The minimum absolute atomic E-state index is 0.167. The Morgan fingerprint density at radius 2 is 1.84 bits per heavy atom. The zero-order valence-corrected chi connectivity index (χ0v) is 18.5. The number of guanidine groups is 1. The van der Waals surface area contributed by atoms with E-state index < -0.39 is 0 Å². The molecule has 0 unspecified atom stereocenters. The highest BCUT2D eigenvalue weighted by molar-refractivity contribution is 5.92. The molecule has 8 nitrogen and oxygen atoms in total. The summed E-state index contributed by atoms with van der Waals surface area (Å²) in [5.41, 5.74) is 0.849. The van der Waals surface area contributed by atoms with E-state index in [9.17, 15) is 4.79 Å². The molecule has 3 rings (SSSR count). The van der Waals surface area contributed by atoms with Gasteiger partial charge in [-0.15, -0.1) is 0 Å². The van der Waals surface area contributed by atoms with Gasteiger partial charge in [-0.25, -0.2) is 0 Å². The van der Waals surface area contributed by atoms with E-state index in [4.69, 9.17) is 9.15 Å². The Labute approximate surface area is 184 Å². The summed E-state index contributed by atoms with van der Waals surface area (Å²) in [4.78, 5) is 21.1. The normalized spacial score (nSPS) is 15.0. The van der Waals surface area contributed by atoms with Gasteiger partial charge in [-0.05, 0) is 31.5 Å². The largest absolute Gasteiger partial charge is 0.492 e. The lowest BCUT2D eigenvalue weighted by molar-refractivity contribution is 0.0925. The number of nitrogens with zero attached hydrogens (tertiary/aromatic N) is 3. The average Bonchev–Trinajstić information content (AvgIpc) is 3.23. The predicted molar refractivity (Wildman–Crippen MR) is 122 cm³/mol. The number of aryl methyl sites for hydroxylation is 1. The molecule has 0 saturated carbocycles. The van der Waals surface area contributed by atoms with Gasteiger partial charge in [-0.3, -0.25) is 14.7 Å². The van der Waals surface area contributed by atoms with Crippen molar-refractivity contribution < 1.29 is 13.9 Å². The van der Waals surface area contributed by atoms with Crippen molar-refractivity contribution >= 4 is 11.9 Å². The number of carbonyl (C=O) groups excluding carboxylic acids is 1. The van der Waals surface area contributed by atoms with Crippen LogP contribution < -0.4 is 15.4 Å². The van der Waals surface area contributed by atoms with Gasteiger partial charge < -0.3 is 24.7 Å². The van der Waals surface area contributed by atoms with Crippen molar-refractivity contribution in [2.45, 2.75) is 13.3 Å². The van der Waals surface area contributed by atoms with Crippen LogP contribution in [-0.2, 0) is 0 Å². The van der Waals surface area contributed by atoms with Crippen molar-refractivity contribution in [1.29, 1.82) is 0 Å². The Bertz CT molecular complexity index is 829. The predicted octanol–water partition coefficient (Wildman–Crippen LogP) is 1.98. The number of ether oxygens (including phenoxy) is 1. The molecule has 0 spiro atoms. The van der Waals surface area contributed by atoms with Crippen LogP contribution >= 0.6 is 0 Å². The molecule has 1 aliphatic heterocycles. The first kappa shape index (κ1) is 22.7. The first-order chi connectivity index (χ1) is 15.2. The molecule has 1 aromatic heterocycles. The summed E-state index contributed by atoms with van der Waals surface area (Å²) >= 11 is 0. The van der Waals surface area contributed by atoms with E-state index in [1.54, 1.807) is 6.07 Å². The van der Waals surface area contributed by atoms with Gasteiger partial charge in [-0.2, -0.15) is 0 Å². The molecule has 0 radical (unpaired) electrons. The number of aliphatic imine (C=N–C) groups is 1. The lowest BCUT2D eigenvalue weighted by Gasteiger charge is -2.36. The molecule has 168 valence electrons. The SMILES string of the molecule is CN=C(NCCCNC(=O)c1occc1C)N1CCN(CCOc2ccccc2)CC1. The van der Waals surface area contributed by atoms with E-state index in [0.29, 0.717) is 18.9 Å². The third-order valence-electron chi connectivity index (χ3n) is 5.29. The highest BCUT2D eigenvalue weighted by atomic mass is 16.5. The van der Waals surface area contributed by atoms with Crippen LogP contribution in [0.3, 0.4) is 0 Å². The van der Waals surface area contributed by atoms with Gasteiger partial charge in [0.15, 0.2) is 11.7 Å². The molecule has 0 aliphatic carbocycles. The van der Waals surface area contributed by atoms with Gasteiger partial charge in [0.05, 0.1) is 6.26 Å². The van der Waals surface area contributed by atoms with Crippen LogP contribution in [0.2, 0.25) is 0 Å². The van der Waals surface area contributed by atoms with Gasteiger partial charge in [0.1, 0.15) is 12.4 Å². The standard InChI is InChI=1S/C23H33N5O3/c1-19-9-17-31-21(19)22(29)25-10-6-11-26-23(24-2)28-14-12-27(13-15-28)16-18-30-20-7-4-3-5-8-20/h3-5,7-9,17H,6,10-16,18H2,1-2H3,(H,24,26)(H,25,29). The number of piperazine rings is 1. The molecule has 0 bridgehead atoms. The molecule has 2 aromatic rings. The maximum atomic E-state index is 12.0. The highest BCUT2D eigenvalue weighted by Gasteiger charge is 2.19. The summed E-state index contributed by atoms with van der Waals surface area (Å²) in [6.45, 7) is 8.63. The van der Waals surface area contributed by atoms with Crippen LogP contribution in [0.4, 0.5) is 0 Å². The number of amides is 1. The molecule has 1 amide bonds. The van der Waals surface area contributed by atoms with Crippen molar-refractivity contribution in [2.24, 2.45) is 4.99 Å². The van der Waals surface area contributed by atoms with E-state index in [2.05, 4.69) is 25.4 Å². The number of carbonyl (C=O) groups is 1. The number of rotatable bonds is 9. The molecule has 2 N–H and O–H groups in total. The first-order valence-corrected chi connectivity index (χ1v) is 10.9. The fourth-order valence-corrected chi connectivity index (χ4v) is 3.50. The van der Waals surface area contributed by atoms with Crippen LogP contribution in [0.1, 0.15) is 22.5 Å². The summed E-state index contributed by atoms with van der Waals surface area (Å²) in [6, 6.07) is 11.7. The van der Waals surface area contributed by atoms with E-state index >= 15 is 0 Å². The zero-order valence-electron chi connectivity index (χ0n) is 18.5. The second-order valence-electron chi connectivity index (χ2n) is 7.51. The van der Waals surface area contributed by atoms with E-state index in [1.165, 1.54) is 6.26 Å². The fourth-order valence-electron chi connectivity index (χ4n) is 3.50. The Morgan fingerprint density at radius 1 is 1.10 bits per heavy atom. The van der Waals surface area contributed by atoms with Gasteiger partial charge in [0.25, 0.3) is 5.91 Å². The van der Waals surface area contributed by atoms with Gasteiger partial charge in [-0.1, -0.05) is 18.2 Å². The number of para-hydroxylation sites is 1. The Hall–Kier alpha value is -3.00. The number of hydrogen-bond acceptors (Lipinski definition) is 5. The molecule has 1 saturated heterocycles. The van der Waals surface area contributed by atoms with Gasteiger partial charge in [0, 0.05) is 58.4 Å². The van der Waals surface area contributed by atoms with Gasteiger partial charge >= 0.3 is 0 Å². The second kappa shape index (κ2) is 12.0. The Morgan fingerprint density at radius 3 is 2.52 bits per heavy atom. The fraction of sp³-hybridized carbons (Fsp3) is 0.478. The number of hydrogen-bond donors (Lipinski definition) is 2. The molecule has 1 aromatic carbocycles. The molecule has 2 heterocycles. The molecule has 31 heavy (non-hydrogen) atoms. The maximum Gasteiger partial charge on any atom is 0.287 e. The minimum atomic E-state index is -0.167. The van der Waals surface area contributed by atoms with E-state index in [-0.39, 0.29) is 5.91 Å². The molecular weight excluding hydrogens is 394 g/mol. The average molecular weight is 428 g/mol. The first-order valence-electron chi connectivity index (χ1n) is 10.9. The Balaban J connectivity index is 1.28. The summed E-state index contributed by atoms with van der Waals surface area (Å²) < 4.78 is 11.0. The summed E-state index contributed by atoms with van der Waals surface area (Å²) in [6.07, 6.45) is 2.34. The van der Waals surface area contributed by atoms with Crippen LogP contribution in [0, 0.1) is 6.92 Å². The van der Waals surface area contributed by atoms with Crippen LogP contribution in [0.25, 0.3) is 0 Å². The molecule has 1 aliphatic rings. The second-order valence-corrected chi connectivity index (χ2v) is 7.51. The third kappa shape index (κ3) is 7.03. The van der Waals surface area contributed by atoms with Crippen molar-refractivity contribution in [3.8, 4) is 5.75 Å². The molecule has 0 atom stereocenters. The smallest absolute Gasteiger partial charge is 0.287 e. The molecular formula is C23H33N5O3. The van der Waals surface area contributed by atoms with Crippen molar-refractivity contribution in [1.82, 2.24) is 20.4 Å². The maximum absolute atomic E-state index is 12.0. The van der Waals surface area contributed by atoms with Crippen molar-refractivity contribution in [2.75, 3.05) is 59.5 Å². The van der Waals surface area contributed by atoms with E-state index in [0.717, 1.165) is 63.0 Å². The third-order valence-corrected chi connectivity index (χ3v) is 5.29. The lowest BCUT2D eigenvalue weighted by atomic mass is 10.2. The topological polar surface area (TPSA) is 82.3 Å². The zero-order chi connectivity index (χ0) is 21.9. The summed E-state index contributed by atoms with van der Waals surface area (Å²) in [5, 5.41) is 6.29. The van der Waals surface area contributed by atoms with Crippen LogP contribution in [0.5, 0.6) is 5.75 Å². The van der Waals surface area contributed by atoms with E-state index in [1.807, 2.05) is 44.3 Å². The monoisotopic (exact) mass is 427 g/mol. The lowest BCUT2D eigenvalue weighted by Crippen LogP contribution is -2.53. The minimum Gasteiger partial charge on any atom is -0.492 e. The summed E-state index contributed by atoms with van der Waals surface area (Å²) in [5.74, 6) is 2.05. The number of furan rings is 1. The highest BCUT2D eigenvalue weighted by Crippen LogP contribution is 2.09. The van der Waals surface area contributed by atoms with Crippen molar-refractivity contribution in [3.63, 3.8) is 0 Å². The number of nitrogens with one attached hydrogen (secondary N) is 2. The Kier molecular flexibility index (Phi) is 8.78. The van der Waals surface area contributed by atoms with Crippen LogP contribution in [0.15, 0.2) is 52.1 Å². The van der Waals surface area contributed by atoms with Crippen molar-refractivity contribution in [3.05, 3.63) is 54.0 Å². The molecule has 1 fully saturated rings. The number of benzene rings is 1. The van der Waals surface area contributed by atoms with Crippen LogP contribution in [-0.4, -0.2) is 81.1 Å². The molecule has 8 heteroatoms. The summed E-state index contributed by atoms with van der Waals surface area (Å²) in [7, 11) is 1.81.